The number of ketones is 3. The third kappa shape index (κ3) is 4.16. The van der Waals surface area contributed by atoms with Gasteiger partial charge in [-0.15, -0.1) is 0 Å². The van der Waals surface area contributed by atoms with Gasteiger partial charge >= 0.3 is 0 Å². The first-order valence-electron chi connectivity index (χ1n) is 13.6. The smallest absolute Gasteiger partial charge is 0.202 e. The number of methoxy groups -OCH3 is 1. The molecular formula is C31H36O8. The molecule has 2 unspecified atom stereocenters. The highest BCUT2D eigenvalue weighted by Gasteiger charge is 2.48. The lowest BCUT2D eigenvalue weighted by molar-refractivity contribution is -0.241. The maximum atomic E-state index is 13.8. The van der Waals surface area contributed by atoms with Crippen molar-refractivity contribution in [1.29, 1.82) is 0 Å². The van der Waals surface area contributed by atoms with Gasteiger partial charge < -0.3 is 24.4 Å². The molecule has 5 rings (SSSR count). The van der Waals surface area contributed by atoms with Crippen molar-refractivity contribution in [2.75, 3.05) is 7.11 Å². The maximum absolute atomic E-state index is 13.8. The van der Waals surface area contributed by atoms with Gasteiger partial charge in [-0.3, -0.25) is 14.4 Å². The van der Waals surface area contributed by atoms with Crippen LogP contribution in [0.25, 0.3) is 0 Å². The second kappa shape index (κ2) is 9.75. The van der Waals surface area contributed by atoms with E-state index >= 15 is 0 Å². The lowest BCUT2D eigenvalue weighted by Gasteiger charge is -2.43. The van der Waals surface area contributed by atoms with Crippen LogP contribution in [-0.2, 0) is 20.7 Å². The van der Waals surface area contributed by atoms with Gasteiger partial charge in [0.15, 0.2) is 12.1 Å². The predicted molar refractivity (Wildman–Crippen MR) is 142 cm³/mol. The van der Waals surface area contributed by atoms with Gasteiger partial charge in [-0.2, -0.15) is 0 Å². The van der Waals surface area contributed by atoms with E-state index in [2.05, 4.69) is 13.8 Å². The summed E-state index contributed by atoms with van der Waals surface area (Å²) in [4.78, 5) is 40.6. The summed E-state index contributed by atoms with van der Waals surface area (Å²) in [5.41, 5.74) is -0.823. The zero-order valence-electron chi connectivity index (χ0n) is 23.3. The molecule has 0 radical (unpaired) electrons. The minimum atomic E-state index is -0.910. The van der Waals surface area contributed by atoms with Crippen LogP contribution in [0.2, 0.25) is 0 Å². The molecule has 0 spiro atoms. The Balaban J connectivity index is 1.69. The molecule has 39 heavy (non-hydrogen) atoms. The van der Waals surface area contributed by atoms with Crippen molar-refractivity contribution in [3.05, 3.63) is 51.6 Å². The van der Waals surface area contributed by atoms with E-state index in [1.807, 2.05) is 13.8 Å². The lowest BCUT2D eigenvalue weighted by atomic mass is 9.66. The highest BCUT2D eigenvalue weighted by Crippen LogP contribution is 2.54. The summed E-state index contributed by atoms with van der Waals surface area (Å²) in [6, 6.07) is 4.66. The Morgan fingerprint density at radius 2 is 1.77 bits per heavy atom. The van der Waals surface area contributed by atoms with E-state index in [1.165, 1.54) is 13.2 Å². The summed E-state index contributed by atoms with van der Waals surface area (Å²) >= 11 is 0. The number of phenols is 2. The third-order valence-electron chi connectivity index (χ3n) is 9.17. The van der Waals surface area contributed by atoms with Gasteiger partial charge in [0.1, 0.15) is 23.0 Å². The van der Waals surface area contributed by atoms with E-state index < -0.39 is 40.9 Å². The van der Waals surface area contributed by atoms with Crippen molar-refractivity contribution in [2.45, 2.75) is 78.8 Å². The minimum Gasteiger partial charge on any atom is -0.507 e. The van der Waals surface area contributed by atoms with Crippen molar-refractivity contribution in [3.63, 3.8) is 0 Å². The molecule has 6 atom stereocenters. The molecule has 0 aromatic heterocycles. The molecule has 1 aliphatic heterocycles. The van der Waals surface area contributed by atoms with Crippen molar-refractivity contribution in [2.24, 2.45) is 17.3 Å². The van der Waals surface area contributed by atoms with Gasteiger partial charge in [-0.25, -0.2) is 0 Å². The number of benzene rings is 2. The average Bonchev–Trinajstić information content (AvgIpc) is 2.90. The van der Waals surface area contributed by atoms with Crippen LogP contribution in [-0.4, -0.2) is 47.1 Å². The Kier molecular flexibility index (Phi) is 6.84. The zero-order valence-corrected chi connectivity index (χ0v) is 23.3. The summed E-state index contributed by atoms with van der Waals surface area (Å²) < 4.78 is 18.0. The fourth-order valence-electron chi connectivity index (χ4n) is 6.54. The SMILES string of the molecule is CCC(=O)[C@]1(C)Cc2c(O)c3c(c(O)c2C(OC2C[C@H](C)[C@H](C)[C@H](C)O2)C1)C(=O)c1c(OC)cccc1C3=O. The third-order valence-corrected chi connectivity index (χ3v) is 9.17. The minimum absolute atomic E-state index is 0.0178. The van der Waals surface area contributed by atoms with Crippen molar-refractivity contribution in [3.8, 4) is 17.2 Å². The van der Waals surface area contributed by atoms with Gasteiger partial charge in [-0.1, -0.05) is 39.8 Å². The summed E-state index contributed by atoms with van der Waals surface area (Å²) in [6.07, 6.45) is -0.257. The number of hydrogen-bond donors (Lipinski definition) is 2. The fraction of sp³-hybridized carbons (Fsp3) is 0.516. The second-order valence-electron chi connectivity index (χ2n) is 11.6. The molecular weight excluding hydrogens is 500 g/mol. The number of aromatic hydroxyl groups is 2. The summed E-state index contributed by atoms with van der Waals surface area (Å²) in [6.45, 7) is 9.85. The molecule has 1 heterocycles. The molecule has 3 aliphatic rings. The number of phenolic OH excluding ortho intramolecular Hbond substituents is 2. The molecule has 208 valence electrons. The molecule has 2 aromatic rings. The van der Waals surface area contributed by atoms with Gasteiger partial charge in [0.2, 0.25) is 5.78 Å². The van der Waals surface area contributed by atoms with E-state index in [0.29, 0.717) is 18.3 Å². The van der Waals surface area contributed by atoms with E-state index in [1.54, 1.807) is 19.1 Å². The monoisotopic (exact) mass is 536 g/mol. The second-order valence-corrected chi connectivity index (χ2v) is 11.6. The summed E-state index contributed by atoms with van der Waals surface area (Å²) in [7, 11) is 1.40. The predicted octanol–water partition coefficient (Wildman–Crippen LogP) is 5.28. The molecule has 0 amide bonds. The van der Waals surface area contributed by atoms with Crippen LogP contribution in [0.1, 0.15) is 103 Å². The normalized spacial score (nSPS) is 29.8. The topological polar surface area (TPSA) is 119 Å². The number of Topliss-reactive ketones (excluding diaryl/α,β-unsaturated/α-hetero) is 1. The molecule has 2 N–H and O–H groups in total. The number of hydrogen-bond acceptors (Lipinski definition) is 8. The highest BCUT2D eigenvalue weighted by molar-refractivity contribution is 6.31. The van der Waals surface area contributed by atoms with Crippen LogP contribution < -0.4 is 4.74 Å². The largest absolute Gasteiger partial charge is 0.507 e. The standard InChI is InChI=1S/C31H36O8/c1-7-21(32)31(5)12-18-24(20(13-31)39-22-11-14(2)15(3)16(4)38-22)30(36)26-25(28(18)34)27(33)17-9-8-10-19(37-6)23(17)29(26)35/h8-10,14-16,20,22,34,36H,7,11-13H2,1-6H3/t14-,15-,16-,20?,22?,31+/m0/s1. The molecule has 1 fully saturated rings. The molecule has 8 heteroatoms. The van der Waals surface area contributed by atoms with Crippen LogP contribution in [0.3, 0.4) is 0 Å². The zero-order chi connectivity index (χ0) is 28.4. The van der Waals surface area contributed by atoms with Crippen LogP contribution in [0.4, 0.5) is 0 Å². The highest BCUT2D eigenvalue weighted by atomic mass is 16.7. The van der Waals surface area contributed by atoms with Crippen molar-refractivity contribution >= 4 is 17.3 Å². The molecule has 2 aliphatic carbocycles. The van der Waals surface area contributed by atoms with Gasteiger partial charge in [0.05, 0.1) is 36.0 Å². The fourth-order valence-corrected chi connectivity index (χ4v) is 6.54. The summed E-state index contributed by atoms with van der Waals surface area (Å²) in [5.74, 6) is -1.17. The molecule has 0 saturated carbocycles. The Hall–Kier alpha value is -3.23. The molecule has 0 bridgehead atoms. The van der Waals surface area contributed by atoms with E-state index in [0.717, 1.165) is 0 Å². The van der Waals surface area contributed by atoms with E-state index in [-0.39, 0.29) is 70.3 Å². The van der Waals surface area contributed by atoms with Crippen molar-refractivity contribution < 1.29 is 38.8 Å². The summed E-state index contributed by atoms with van der Waals surface area (Å²) in [5, 5.41) is 23.2. The molecule has 8 nitrogen and oxygen atoms in total. The molecule has 2 aromatic carbocycles. The average molecular weight is 537 g/mol. The number of ether oxygens (including phenoxy) is 3. The first-order valence-corrected chi connectivity index (χ1v) is 13.6. The first-order chi connectivity index (χ1) is 18.4. The Bertz CT molecular complexity index is 1370. The number of carbonyl (C=O) groups excluding carboxylic acids is 3. The van der Waals surface area contributed by atoms with Crippen LogP contribution in [0, 0.1) is 17.3 Å². The van der Waals surface area contributed by atoms with Gasteiger partial charge in [0.25, 0.3) is 0 Å². The number of fused-ring (bicyclic) bond motifs is 3. The number of carbonyl (C=O) groups is 3. The van der Waals surface area contributed by atoms with E-state index in [4.69, 9.17) is 14.2 Å². The lowest BCUT2D eigenvalue weighted by Crippen LogP contribution is -2.42. The van der Waals surface area contributed by atoms with Gasteiger partial charge in [0, 0.05) is 34.9 Å². The quantitative estimate of drug-likeness (QED) is 0.423. The first kappa shape index (κ1) is 27.3. The molecule has 1 saturated heterocycles. The van der Waals surface area contributed by atoms with Crippen LogP contribution >= 0.6 is 0 Å². The van der Waals surface area contributed by atoms with Crippen LogP contribution in [0.5, 0.6) is 17.2 Å². The maximum Gasteiger partial charge on any atom is 0.202 e. The van der Waals surface area contributed by atoms with Crippen LogP contribution in [0.15, 0.2) is 18.2 Å². The Morgan fingerprint density at radius 3 is 2.41 bits per heavy atom. The number of rotatable bonds is 5. The van der Waals surface area contributed by atoms with Gasteiger partial charge in [-0.05, 0) is 37.7 Å². The Labute approximate surface area is 228 Å². The Morgan fingerprint density at radius 1 is 1.08 bits per heavy atom. The van der Waals surface area contributed by atoms with E-state index in [9.17, 15) is 24.6 Å². The van der Waals surface area contributed by atoms with Crippen molar-refractivity contribution in [1.82, 2.24) is 0 Å².